The second-order valence-electron chi connectivity index (χ2n) is 5.68. The summed E-state index contributed by atoms with van der Waals surface area (Å²) < 4.78 is 26.2. The Hall–Kier alpha value is -0.170. The molecule has 0 radical (unpaired) electrons. The van der Waals surface area contributed by atoms with E-state index in [1.165, 1.54) is 4.31 Å². The van der Waals surface area contributed by atoms with Gasteiger partial charge in [-0.1, -0.05) is 12.8 Å². The topological polar surface area (TPSA) is 69.6 Å². The van der Waals surface area contributed by atoms with Crippen LogP contribution in [0.15, 0.2) is 0 Å². The standard InChI is InChI=1S/C12H24N2O3S/c1-14(10-12(15)6-2-3-7-12)18(16,17)11-4-8-13-9-5-11/h11,13,15H,2-10H2,1H3. The molecule has 2 rings (SSSR count). The smallest absolute Gasteiger partial charge is 0.216 e. The van der Waals surface area contributed by atoms with Crippen LogP contribution in [-0.4, -0.2) is 55.4 Å². The number of aliphatic hydroxyl groups is 1. The molecule has 1 aliphatic carbocycles. The SMILES string of the molecule is CN(CC1(O)CCCC1)S(=O)(=O)C1CCNCC1. The second kappa shape index (κ2) is 5.45. The highest BCUT2D eigenvalue weighted by molar-refractivity contribution is 7.89. The summed E-state index contributed by atoms with van der Waals surface area (Å²) >= 11 is 0. The molecule has 5 nitrogen and oxygen atoms in total. The van der Waals surface area contributed by atoms with Gasteiger partial charge in [-0.2, -0.15) is 0 Å². The number of hydrogen-bond donors (Lipinski definition) is 2. The van der Waals surface area contributed by atoms with Crippen molar-refractivity contribution in [3.63, 3.8) is 0 Å². The molecule has 0 unspecified atom stereocenters. The Kier molecular flexibility index (Phi) is 4.31. The minimum absolute atomic E-state index is 0.249. The average Bonchev–Trinajstić information content (AvgIpc) is 2.77. The summed E-state index contributed by atoms with van der Waals surface area (Å²) in [5.74, 6) is 0. The van der Waals surface area contributed by atoms with Gasteiger partial charge in [0.25, 0.3) is 0 Å². The molecule has 0 aromatic rings. The van der Waals surface area contributed by atoms with Crippen LogP contribution < -0.4 is 5.32 Å². The van der Waals surface area contributed by atoms with E-state index in [1.54, 1.807) is 7.05 Å². The maximum Gasteiger partial charge on any atom is 0.216 e. The molecule has 2 fully saturated rings. The summed E-state index contributed by atoms with van der Waals surface area (Å²) in [6.45, 7) is 1.78. The van der Waals surface area contributed by atoms with Crippen LogP contribution >= 0.6 is 0 Å². The Balaban J connectivity index is 2.00. The van der Waals surface area contributed by atoms with Gasteiger partial charge in [0.05, 0.1) is 10.9 Å². The third kappa shape index (κ3) is 3.04. The third-order valence-electron chi connectivity index (χ3n) is 4.19. The largest absolute Gasteiger partial charge is 0.389 e. The van der Waals surface area contributed by atoms with Crippen molar-refractivity contribution in [2.75, 3.05) is 26.7 Å². The molecule has 0 amide bonds. The molecule has 18 heavy (non-hydrogen) atoms. The van der Waals surface area contributed by atoms with E-state index in [4.69, 9.17) is 0 Å². The summed E-state index contributed by atoms with van der Waals surface area (Å²) in [7, 11) is -1.65. The molecule has 0 aromatic carbocycles. The molecule has 2 N–H and O–H groups in total. The third-order valence-corrected chi connectivity index (χ3v) is 6.50. The minimum Gasteiger partial charge on any atom is -0.389 e. The second-order valence-corrected chi connectivity index (χ2v) is 8.00. The van der Waals surface area contributed by atoms with Gasteiger partial charge in [0, 0.05) is 13.6 Å². The first kappa shape index (κ1) is 14.2. The first-order chi connectivity index (χ1) is 8.44. The minimum atomic E-state index is -3.25. The number of rotatable bonds is 4. The van der Waals surface area contributed by atoms with Crippen LogP contribution in [0.1, 0.15) is 38.5 Å². The first-order valence-corrected chi connectivity index (χ1v) is 8.33. The maximum atomic E-state index is 12.4. The number of hydrogen-bond acceptors (Lipinski definition) is 4. The van der Waals surface area contributed by atoms with Crippen LogP contribution in [0, 0.1) is 0 Å². The van der Waals surface area contributed by atoms with Crippen molar-refractivity contribution in [2.45, 2.75) is 49.4 Å². The van der Waals surface area contributed by atoms with E-state index in [1.807, 2.05) is 0 Å². The Labute approximate surface area is 110 Å². The fourth-order valence-corrected chi connectivity index (χ4v) is 4.80. The van der Waals surface area contributed by atoms with Gasteiger partial charge in [0.2, 0.25) is 10.0 Å². The average molecular weight is 276 g/mol. The Morgan fingerprint density at radius 1 is 1.28 bits per heavy atom. The van der Waals surface area contributed by atoms with Crippen molar-refractivity contribution in [3.8, 4) is 0 Å². The lowest BCUT2D eigenvalue weighted by atomic mass is 10.0. The van der Waals surface area contributed by atoms with E-state index in [0.29, 0.717) is 12.8 Å². The molecule has 0 aromatic heterocycles. The molecule has 106 valence electrons. The molecule has 1 heterocycles. The van der Waals surface area contributed by atoms with Crippen molar-refractivity contribution in [1.82, 2.24) is 9.62 Å². The zero-order valence-corrected chi connectivity index (χ0v) is 11.9. The number of nitrogens with one attached hydrogen (secondary N) is 1. The molecule has 1 saturated carbocycles. The van der Waals surface area contributed by atoms with E-state index in [-0.39, 0.29) is 11.8 Å². The van der Waals surface area contributed by atoms with Crippen molar-refractivity contribution in [3.05, 3.63) is 0 Å². The molecule has 0 spiro atoms. The van der Waals surface area contributed by atoms with Gasteiger partial charge >= 0.3 is 0 Å². The predicted molar refractivity (Wildman–Crippen MR) is 70.9 cm³/mol. The Bertz CT molecular complexity index is 371. The van der Waals surface area contributed by atoms with E-state index in [2.05, 4.69) is 5.32 Å². The molecular formula is C12H24N2O3S. The molecule has 0 atom stereocenters. The van der Waals surface area contributed by atoms with Crippen LogP contribution in [0.25, 0.3) is 0 Å². The predicted octanol–water partition coefficient (Wildman–Crippen LogP) is 0.305. The van der Waals surface area contributed by atoms with Crippen LogP contribution in [0.5, 0.6) is 0 Å². The summed E-state index contributed by atoms with van der Waals surface area (Å²) in [4.78, 5) is 0. The van der Waals surface area contributed by atoms with Crippen LogP contribution in [0.2, 0.25) is 0 Å². The van der Waals surface area contributed by atoms with Gasteiger partial charge in [-0.05, 0) is 38.8 Å². The highest BCUT2D eigenvalue weighted by Crippen LogP contribution is 2.31. The quantitative estimate of drug-likeness (QED) is 0.775. The molecule has 1 saturated heterocycles. The molecule has 6 heteroatoms. The lowest BCUT2D eigenvalue weighted by Crippen LogP contribution is -2.47. The Morgan fingerprint density at radius 3 is 2.39 bits per heavy atom. The fourth-order valence-electron chi connectivity index (χ4n) is 3.04. The van der Waals surface area contributed by atoms with Crippen LogP contribution in [0.4, 0.5) is 0 Å². The van der Waals surface area contributed by atoms with Gasteiger partial charge in [0.15, 0.2) is 0 Å². The number of nitrogens with zero attached hydrogens (tertiary/aromatic N) is 1. The number of likely N-dealkylation sites (N-methyl/N-ethyl adjacent to an activating group) is 1. The van der Waals surface area contributed by atoms with Gasteiger partial charge < -0.3 is 10.4 Å². The lowest BCUT2D eigenvalue weighted by molar-refractivity contribution is 0.0331. The molecule has 1 aliphatic heterocycles. The zero-order chi connectivity index (χ0) is 13.2. The molecule has 2 aliphatic rings. The van der Waals surface area contributed by atoms with E-state index >= 15 is 0 Å². The highest BCUT2D eigenvalue weighted by Gasteiger charge is 2.38. The van der Waals surface area contributed by atoms with Crippen molar-refractivity contribution >= 4 is 10.0 Å². The van der Waals surface area contributed by atoms with Crippen molar-refractivity contribution in [1.29, 1.82) is 0 Å². The van der Waals surface area contributed by atoms with Crippen molar-refractivity contribution < 1.29 is 13.5 Å². The number of piperidine rings is 1. The van der Waals surface area contributed by atoms with Crippen LogP contribution in [0.3, 0.4) is 0 Å². The van der Waals surface area contributed by atoms with Crippen molar-refractivity contribution in [2.24, 2.45) is 0 Å². The molecule has 0 bridgehead atoms. The van der Waals surface area contributed by atoms with Crippen LogP contribution in [-0.2, 0) is 10.0 Å². The lowest BCUT2D eigenvalue weighted by Gasteiger charge is -2.32. The maximum absolute atomic E-state index is 12.4. The highest BCUT2D eigenvalue weighted by atomic mass is 32.2. The normalized spacial score (nSPS) is 25.7. The zero-order valence-electron chi connectivity index (χ0n) is 11.1. The monoisotopic (exact) mass is 276 g/mol. The van der Waals surface area contributed by atoms with Gasteiger partial charge in [-0.25, -0.2) is 12.7 Å². The van der Waals surface area contributed by atoms with E-state index in [0.717, 1.165) is 38.8 Å². The van der Waals surface area contributed by atoms with Gasteiger partial charge in [-0.15, -0.1) is 0 Å². The summed E-state index contributed by atoms with van der Waals surface area (Å²) in [6.07, 6.45) is 4.78. The number of sulfonamides is 1. The van der Waals surface area contributed by atoms with E-state index in [9.17, 15) is 13.5 Å². The fraction of sp³-hybridized carbons (Fsp3) is 1.00. The summed E-state index contributed by atoms with van der Waals surface area (Å²) in [5, 5.41) is 13.2. The van der Waals surface area contributed by atoms with E-state index < -0.39 is 15.6 Å². The van der Waals surface area contributed by atoms with Gasteiger partial charge in [-0.3, -0.25) is 0 Å². The summed E-state index contributed by atoms with van der Waals surface area (Å²) in [6, 6.07) is 0. The Morgan fingerprint density at radius 2 is 1.83 bits per heavy atom. The summed E-state index contributed by atoms with van der Waals surface area (Å²) in [5.41, 5.74) is -0.797. The molecular weight excluding hydrogens is 252 g/mol. The van der Waals surface area contributed by atoms with Gasteiger partial charge in [0.1, 0.15) is 0 Å². The first-order valence-electron chi connectivity index (χ1n) is 6.82.